The van der Waals surface area contributed by atoms with Crippen LogP contribution in [0.1, 0.15) is 12.5 Å². The van der Waals surface area contributed by atoms with E-state index in [-0.39, 0.29) is 0 Å². The fourth-order valence-electron chi connectivity index (χ4n) is 1.91. The maximum atomic E-state index is 6.02. The molecule has 6 heteroatoms. The SMILES string of the molecule is CC1(N)C=CN=C(c2c[nH]c3ncc(Cl)cc23)N1. The van der Waals surface area contributed by atoms with E-state index in [4.69, 9.17) is 17.3 Å². The van der Waals surface area contributed by atoms with Gasteiger partial charge in [0.1, 0.15) is 17.1 Å². The third-order valence-corrected chi connectivity index (χ3v) is 2.97. The number of pyridine rings is 1. The van der Waals surface area contributed by atoms with Crippen LogP contribution < -0.4 is 11.1 Å². The zero-order valence-electron chi connectivity index (χ0n) is 9.74. The number of nitrogens with one attached hydrogen (secondary N) is 2. The second-order valence-electron chi connectivity index (χ2n) is 4.45. The third-order valence-electron chi connectivity index (χ3n) is 2.76. The molecule has 0 spiro atoms. The summed E-state index contributed by atoms with van der Waals surface area (Å²) in [5.74, 6) is 0.706. The van der Waals surface area contributed by atoms with Gasteiger partial charge in [-0.1, -0.05) is 11.6 Å². The van der Waals surface area contributed by atoms with E-state index in [0.717, 1.165) is 16.6 Å². The van der Waals surface area contributed by atoms with Crippen molar-refractivity contribution in [3.8, 4) is 0 Å². The average Bonchev–Trinajstić information content (AvgIpc) is 2.70. The van der Waals surface area contributed by atoms with Gasteiger partial charge < -0.3 is 16.0 Å². The van der Waals surface area contributed by atoms with E-state index in [9.17, 15) is 0 Å². The molecule has 5 nitrogen and oxygen atoms in total. The molecule has 3 rings (SSSR count). The maximum absolute atomic E-state index is 6.02. The van der Waals surface area contributed by atoms with Gasteiger partial charge in [-0.15, -0.1) is 0 Å². The topological polar surface area (TPSA) is 79.1 Å². The Morgan fingerprint density at radius 3 is 3.06 bits per heavy atom. The number of H-pyrrole nitrogens is 1. The Kier molecular flexibility index (Phi) is 2.39. The Balaban J connectivity index is 2.13. The molecule has 4 N–H and O–H groups in total. The van der Waals surface area contributed by atoms with E-state index >= 15 is 0 Å². The quantitative estimate of drug-likeness (QED) is 0.732. The van der Waals surface area contributed by atoms with Crippen molar-refractivity contribution in [2.24, 2.45) is 10.7 Å². The van der Waals surface area contributed by atoms with Crippen molar-refractivity contribution in [3.63, 3.8) is 0 Å². The minimum atomic E-state index is -0.604. The predicted octanol–water partition coefficient (Wildman–Crippen LogP) is 1.75. The fourth-order valence-corrected chi connectivity index (χ4v) is 2.06. The van der Waals surface area contributed by atoms with Crippen LogP contribution in [0.5, 0.6) is 0 Å². The smallest absolute Gasteiger partial charge is 0.138 e. The first-order valence-electron chi connectivity index (χ1n) is 5.51. The monoisotopic (exact) mass is 261 g/mol. The van der Waals surface area contributed by atoms with Crippen LogP contribution in [0.3, 0.4) is 0 Å². The molecule has 0 saturated carbocycles. The second kappa shape index (κ2) is 3.83. The molecule has 1 aliphatic rings. The van der Waals surface area contributed by atoms with Crippen LogP contribution in [-0.4, -0.2) is 21.5 Å². The number of aromatic nitrogens is 2. The Bertz CT molecular complexity index is 668. The number of aromatic amines is 1. The predicted molar refractivity (Wildman–Crippen MR) is 72.5 cm³/mol. The van der Waals surface area contributed by atoms with Crippen molar-refractivity contribution < 1.29 is 0 Å². The van der Waals surface area contributed by atoms with E-state index in [1.807, 2.05) is 19.2 Å². The van der Waals surface area contributed by atoms with E-state index in [0.29, 0.717) is 10.9 Å². The molecular weight excluding hydrogens is 250 g/mol. The fraction of sp³-hybridized carbons (Fsp3) is 0.167. The summed E-state index contributed by atoms with van der Waals surface area (Å²) < 4.78 is 0. The van der Waals surface area contributed by atoms with Gasteiger partial charge in [0, 0.05) is 29.5 Å². The van der Waals surface area contributed by atoms with Gasteiger partial charge in [0.2, 0.25) is 0 Å². The molecule has 0 saturated heterocycles. The summed E-state index contributed by atoms with van der Waals surface area (Å²) in [6.45, 7) is 1.87. The molecule has 0 radical (unpaired) electrons. The average molecular weight is 262 g/mol. The molecule has 0 aliphatic carbocycles. The molecule has 1 unspecified atom stereocenters. The maximum Gasteiger partial charge on any atom is 0.138 e. The van der Waals surface area contributed by atoms with Gasteiger partial charge in [0.25, 0.3) is 0 Å². The Morgan fingerprint density at radius 2 is 2.28 bits per heavy atom. The van der Waals surface area contributed by atoms with Crippen LogP contribution in [-0.2, 0) is 0 Å². The number of nitrogens with two attached hydrogens (primary N) is 1. The summed E-state index contributed by atoms with van der Waals surface area (Å²) >= 11 is 5.97. The van der Waals surface area contributed by atoms with Gasteiger partial charge in [-0.3, -0.25) is 0 Å². The number of rotatable bonds is 1. The van der Waals surface area contributed by atoms with Crippen LogP contribution >= 0.6 is 11.6 Å². The molecule has 0 aromatic carbocycles. The third kappa shape index (κ3) is 1.87. The summed E-state index contributed by atoms with van der Waals surface area (Å²) in [6.07, 6.45) is 6.95. The highest BCUT2D eigenvalue weighted by molar-refractivity contribution is 6.31. The first-order valence-corrected chi connectivity index (χ1v) is 5.88. The molecule has 0 amide bonds. The number of halogens is 1. The van der Waals surface area contributed by atoms with Gasteiger partial charge in [-0.25, -0.2) is 9.98 Å². The van der Waals surface area contributed by atoms with Crippen molar-refractivity contribution in [2.45, 2.75) is 12.6 Å². The normalized spacial score (nSPS) is 22.9. The summed E-state index contributed by atoms with van der Waals surface area (Å²) in [6, 6.07) is 1.85. The summed E-state index contributed by atoms with van der Waals surface area (Å²) in [7, 11) is 0. The van der Waals surface area contributed by atoms with Gasteiger partial charge in [0.15, 0.2) is 0 Å². The first kappa shape index (κ1) is 11.3. The molecule has 1 aliphatic heterocycles. The lowest BCUT2D eigenvalue weighted by Crippen LogP contribution is -2.53. The number of hydrogen-bond donors (Lipinski definition) is 3. The molecule has 2 aromatic rings. The lowest BCUT2D eigenvalue weighted by atomic mass is 10.1. The Morgan fingerprint density at radius 1 is 1.44 bits per heavy atom. The van der Waals surface area contributed by atoms with Crippen LogP contribution in [0.15, 0.2) is 35.7 Å². The summed E-state index contributed by atoms with van der Waals surface area (Å²) in [5.41, 5.74) is 7.09. The van der Waals surface area contributed by atoms with Crippen molar-refractivity contribution in [1.82, 2.24) is 15.3 Å². The lowest BCUT2D eigenvalue weighted by molar-refractivity contribution is 0.538. The Hall–Kier alpha value is -1.85. The van der Waals surface area contributed by atoms with Crippen molar-refractivity contribution in [3.05, 3.63) is 41.3 Å². The molecule has 0 bridgehead atoms. The van der Waals surface area contributed by atoms with Crippen molar-refractivity contribution in [1.29, 1.82) is 0 Å². The molecular formula is C12H12ClN5. The van der Waals surface area contributed by atoms with Gasteiger partial charge in [0.05, 0.1) is 5.02 Å². The van der Waals surface area contributed by atoms with Crippen LogP contribution in [0.25, 0.3) is 11.0 Å². The number of hydrogen-bond acceptors (Lipinski definition) is 4. The van der Waals surface area contributed by atoms with Crippen molar-refractivity contribution in [2.75, 3.05) is 0 Å². The van der Waals surface area contributed by atoms with Gasteiger partial charge >= 0.3 is 0 Å². The number of nitrogens with zero attached hydrogens (tertiary/aromatic N) is 2. The van der Waals surface area contributed by atoms with Gasteiger partial charge in [-0.05, 0) is 19.1 Å². The minimum absolute atomic E-state index is 0.589. The molecule has 92 valence electrons. The van der Waals surface area contributed by atoms with Crippen molar-refractivity contribution >= 4 is 28.5 Å². The van der Waals surface area contributed by atoms with E-state index in [2.05, 4.69) is 20.3 Å². The molecule has 3 heterocycles. The highest BCUT2D eigenvalue weighted by Gasteiger charge is 2.21. The molecule has 1 atom stereocenters. The van der Waals surface area contributed by atoms with Crippen LogP contribution in [0.4, 0.5) is 0 Å². The zero-order valence-corrected chi connectivity index (χ0v) is 10.5. The second-order valence-corrected chi connectivity index (χ2v) is 4.89. The Labute approximate surface area is 109 Å². The highest BCUT2D eigenvalue weighted by Crippen LogP contribution is 2.21. The first-order chi connectivity index (χ1) is 8.55. The van der Waals surface area contributed by atoms with E-state index < -0.39 is 5.66 Å². The summed E-state index contributed by atoms with van der Waals surface area (Å²) in [5, 5.41) is 4.66. The zero-order chi connectivity index (χ0) is 12.8. The van der Waals surface area contributed by atoms with Crippen LogP contribution in [0.2, 0.25) is 5.02 Å². The highest BCUT2D eigenvalue weighted by atomic mass is 35.5. The van der Waals surface area contributed by atoms with E-state index in [1.54, 1.807) is 18.5 Å². The summed E-state index contributed by atoms with van der Waals surface area (Å²) in [4.78, 5) is 11.6. The van der Waals surface area contributed by atoms with Crippen LogP contribution in [0, 0.1) is 0 Å². The molecule has 0 fully saturated rings. The number of aliphatic imine (C=N–C) groups is 1. The molecule has 18 heavy (non-hydrogen) atoms. The van der Waals surface area contributed by atoms with Gasteiger partial charge in [-0.2, -0.15) is 0 Å². The largest absolute Gasteiger partial charge is 0.349 e. The minimum Gasteiger partial charge on any atom is -0.349 e. The standard InChI is InChI=1S/C12H12ClN5/c1-12(14)2-3-15-11(18-12)9-6-17-10-8(9)4-7(13)5-16-10/h2-6H,14H2,1H3,(H,15,18)(H,16,17). The number of amidine groups is 1. The van der Waals surface area contributed by atoms with E-state index in [1.165, 1.54) is 0 Å². The lowest BCUT2D eigenvalue weighted by Gasteiger charge is -2.26. The number of fused-ring (bicyclic) bond motifs is 1. The molecule has 2 aromatic heterocycles.